The van der Waals surface area contributed by atoms with E-state index in [0.717, 1.165) is 25.2 Å². The van der Waals surface area contributed by atoms with E-state index in [9.17, 15) is 4.39 Å². The molecule has 0 amide bonds. The molecule has 0 bridgehead atoms. The molecule has 1 saturated carbocycles. The topological polar surface area (TPSA) is 15.3 Å². The van der Waals surface area contributed by atoms with Crippen LogP contribution < -0.4 is 10.2 Å². The van der Waals surface area contributed by atoms with E-state index in [1.165, 1.54) is 31.4 Å². The van der Waals surface area contributed by atoms with Crippen LogP contribution in [-0.4, -0.2) is 19.1 Å². The van der Waals surface area contributed by atoms with E-state index in [1.807, 2.05) is 6.07 Å². The van der Waals surface area contributed by atoms with Crippen molar-refractivity contribution in [1.29, 1.82) is 0 Å². The minimum absolute atomic E-state index is 0.137. The van der Waals surface area contributed by atoms with Gasteiger partial charge in [-0.2, -0.15) is 0 Å². The summed E-state index contributed by atoms with van der Waals surface area (Å²) in [5, 5.41) is 3.34. The Morgan fingerprint density at radius 3 is 2.62 bits per heavy atom. The van der Waals surface area contributed by atoms with Crippen molar-refractivity contribution >= 4 is 5.69 Å². The number of halogens is 1. The highest BCUT2D eigenvalue weighted by molar-refractivity contribution is 5.55. The molecule has 1 aromatic rings. The Labute approximate surface area is 128 Å². The Morgan fingerprint density at radius 1 is 1.29 bits per heavy atom. The number of nitrogens with zero attached hydrogens (tertiary/aromatic N) is 1. The first-order chi connectivity index (χ1) is 10.1. The lowest BCUT2D eigenvalue weighted by molar-refractivity contribution is 0.532. The van der Waals surface area contributed by atoms with Crippen LogP contribution in [0.15, 0.2) is 18.2 Å². The van der Waals surface area contributed by atoms with Crippen molar-refractivity contribution in [1.82, 2.24) is 5.32 Å². The molecule has 2 rings (SSSR count). The van der Waals surface area contributed by atoms with Crippen LogP contribution in [0.5, 0.6) is 0 Å². The Morgan fingerprint density at radius 2 is 2.00 bits per heavy atom. The van der Waals surface area contributed by atoms with Crippen LogP contribution in [0.25, 0.3) is 0 Å². The quantitative estimate of drug-likeness (QED) is 0.804. The van der Waals surface area contributed by atoms with Gasteiger partial charge in [0.25, 0.3) is 0 Å². The molecule has 3 heteroatoms. The monoisotopic (exact) mass is 292 g/mol. The van der Waals surface area contributed by atoms with Crippen molar-refractivity contribution in [3.05, 3.63) is 29.6 Å². The maximum atomic E-state index is 13.6. The highest BCUT2D eigenvalue weighted by atomic mass is 19.1. The molecule has 1 fully saturated rings. The number of benzene rings is 1. The first-order valence-corrected chi connectivity index (χ1v) is 8.37. The lowest BCUT2D eigenvalue weighted by Gasteiger charge is -2.34. The van der Waals surface area contributed by atoms with E-state index in [2.05, 4.69) is 31.0 Å². The number of anilines is 1. The van der Waals surface area contributed by atoms with Gasteiger partial charge >= 0.3 is 0 Å². The van der Waals surface area contributed by atoms with Gasteiger partial charge in [-0.1, -0.05) is 33.6 Å². The summed E-state index contributed by atoms with van der Waals surface area (Å²) in [6.07, 6.45) is 5.18. The van der Waals surface area contributed by atoms with Gasteiger partial charge in [0.2, 0.25) is 0 Å². The predicted molar refractivity (Wildman–Crippen MR) is 88.2 cm³/mol. The maximum Gasteiger partial charge on any atom is 0.123 e. The molecule has 0 spiro atoms. The standard InChI is InChI=1S/C18H29FN2/c1-4-20-12-15-11-16(19)9-10-18(15)21(13-14(2)3)17-7-5-6-8-17/h9-11,14,17,20H,4-8,12-13H2,1-3H3. The van der Waals surface area contributed by atoms with Crippen LogP contribution in [0.2, 0.25) is 0 Å². The Bertz CT molecular complexity index is 439. The summed E-state index contributed by atoms with van der Waals surface area (Å²) in [4.78, 5) is 2.53. The molecule has 1 N–H and O–H groups in total. The van der Waals surface area contributed by atoms with E-state index >= 15 is 0 Å². The highest BCUT2D eigenvalue weighted by Crippen LogP contribution is 2.31. The molecule has 0 aliphatic heterocycles. The van der Waals surface area contributed by atoms with E-state index in [4.69, 9.17) is 0 Å². The third kappa shape index (κ3) is 4.44. The molecule has 0 unspecified atom stereocenters. The summed E-state index contributed by atoms with van der Waals surface area (Å²) < 4.78 is 13.6. The molecule has 1 aromatic carbocycles. The summed E-state index contributed by atoms with van der Waals surface area (Å²) >= 11 is 0. The van der Waals surface area contributed by atoms with Gasteiger partial charge in [-0.05, 0) is 49.1 Å². The van der Waals surface area contributed by atoms with Crippen molar-refractivity contribution in [2.75, 3.05) is 18.0 Å². The second-order valence-electron chi connectivity index (χ2n) is 6.54. The molecule has 118 valence electrons. The van der Waals surface area contributed by atoms with Gasteiger partial charge in [-0.15, -0.1) is 0 Å². The van der Waals surface area contributed by atoms with E-state index in [-0.39, 0.29) is 5.82 Å². The van der Waals surface area contributed by atoms with Gasteiger partial charge in [-0.3, -0.25) is 0 Å². The number of nitrogens with one attached hydrogen (secondary N) is 1. The Kier molecular flexibility index (Phi) is 6.04. The zero-order chi connectivity index (χ0) is 15.2. The smallest absolute Gasteiger partial charge is 0.123 e. The summed E-state index contributed by atoms with van der Waals surface area (Å²) in [6.45, 7) is 9.30. The van der Waals surface area contributed by atoms with Crippen LogP contribution in [-0.2, 0) is 6.54 Å². The number of hydrogen-bond donors (Lipinski definition) is 1. The molecule has 1 aliphatic carbocycles. The maximum absolute atomic E-state index is 13.6. The Hall–Kier alpha value is -1.09. The normalized spacial score (nSPS) is 15.9. The van der Waals surface area contributed by atoms with Crippen molar-refractivity contribution in [3.63, 3.8) is 0 Å². The molecule has 21 heavy (non-hydrogen) atoms. The van der Waals surface area contributed by atoms with Crippen molar-refractivity contribution < 1.29 is 4.39 Å². The average molecular weight is 292 g/mol. The third-order valence-electron chi connectivity index (χ3n) is 4.24. The largest absolute Gasteiger partial charge is 0.368 e. The van der Waals surface area contributed by atoms with Gasteiger partial charge < -0.3 is 10.2 Å². The third-order valence-corrected chi connectivity index (χ3v) is 4.24. The fraction of sp³-hybridized carbons (Fsp3) is 0.667. The zero-order valence-electron chi connectivity index (χ0n) is 13.7. The van der Waals surface area contributed by atoms with Crippen LogP contribution in [0.3, 0.4) is 0 Å². The molecule has 2 nitrogen and oxygen atoms in total. The van der Waals surface area contributed by atoms with Gasteiger partial charge in [0.15, 0.2) is 0 Å². The number of hydrogen-bond acceptors (Lipinski definition) is 2. The summed E-state index contributed by atoms with van der Waals surface area (Å²) in [6, 6.07) is 5.90. The zero-order valence-corrected chi connectivity index (χ0v) is 13.7. The van der Waals surface area contributed by atoms with Gasteiger partial charge in [0.05, 0.1) is 0 Å². The average Bonchev–Trinajstić information content (AvgIpc) is 2.97. The molecular formula is C18H29FN2. The molecule has 0 radical (unpaired) electrons. The molecular weight excluding hydrogens is 263 g/mol. The molecule has 1 aliphatic rings. The molecule has 0 atom stereocenters. The SMILES string of the molecule is CCNCc1cc(F)ccc1N(CC(C)C)C1CCCC1. The van der Waals surface area contributed by atoms with Crippen molar-refractivity contribution in [2.45, 2.75) is 59.0 Å². The molecule has 0 aromatic heterocycles. The van der Waals surface area contributed by atoms with Crippen molar-refractivity contribution in [2.24, 2.45) is 5.92 Å². The highest BCUT2D eigenvalue weighted by Gasteiger charge is 2.25. The van der Waals surface area contributed by atoms with Crippen LogP contribution >= 0.6 is 0 Å². The fourth-order valence-electron chi connectivity index (χ4n) is 3.29. The number of rotatable bonds is 7. The van der Waals surface area contributed by atoms with Gasteiger partial charge in [-0.25, -0.2) is 4.39 Å². The second kappa shape index (κ2) is 7.79. The van der Waals surface area contributed by atoms with E-state index < -0.39 is 0 Å². The lowest BCUT2D eigenvalue weighted by Crippen LogP contribution is -2.37. The Balaban J connectivity index is 2.28. The van der Waals surface area contributed by atoms with E-state index in [1.54, 1.807) is 12.1 Å². The lowest BCUT2D eigenvalue weighted by atomic mass is 10.1. The fourth-order valence-corrected chi connectivity index (χ4v) is 3.29. The van der Waals surface area contributed by atoms with E-state index in [0.29, 0.717) is 12.0 Å². The first kappa shape index (κ1) is 16.3. The minimum Gasteiger partial charge on any atom is -0.368 e. The first-order valence-electron chi connectivity index (χ1n) is 8.37. The molecule has 0 saturated heterocycles. The predicted octanol–water partition coefficient (Wildman–Crippen LogP) is 4.34. The summed E-state index contributed by atoms with van der Waals surface area (Å²) in [5.41, 5.74) is 2.31. The van der Waals surface area contributed by atoms with Crippen molar-refractivity contribution in [3.8, 4) is 0 Å². The van der Waals surface area contributed by atoms with Gasteiger partial charge in [0.1, 0.15) is 5.82 Å². The van der Waals surface area contributed by atoms with Crippen LogP contribution in [0.1, 0.15) is 52.0 Å². The summed E-state index contributed by atoms with van der Waals surface area (Å²) in [5.74, 6) is 0.477. The minimum atomic E-state index is -0.137. The summed E-state index contributed by atoms with van der Waals surface area (Å²) in [7, 11) is 0. The van der Waals surface area contributed by atoms with Gasteiger partial charge in [0, 0.05) is 24.8 Å². The van der Waals surface area contributed by atoms with Crippen LogP contribution in [0.4, 0.5) is 10.1 Å². The molecule has 0 heterocycles. The van der Waals surface area contributed by atoms with Crippen LogP contribution in [0, 0.1) is 11.7 Å². The second-order valence-corrected chi connectivity index (χ2v) is 6.54.